The van der Waals surface area contributed by atoms with Gasteiger partial charge in [-0.25, -0.2) is 4.79 Å². The summed E-state index contributed by atoms with van der Waals surface area (Å²) < 4.78 is 0.597. The molecule has 0 aromatic heterocycles. The number of hydrogen-bond donors (Lipinski definition) is 4. The summed E-state index contributed by atoms with van der Waals surface area (Å²) in [5, 5.41) is 29.0. The Balaban J connectivity index is 2.70. The molecular formula is C10H10BrNO5. The first kappa shape index (κ1) is 13.5. The maximum atomic E-state index is 11.5. The zero-order chi connectivity index (χ0) is 13.0. The Morgan fingerprint density at radius 1 is 1.41 bits per heavy atom. The molecule has 0 aliphatic heterocycles. The molecule has 7 heteroatoms. The molecule has 92 valence electrons. The van der Waals surface area contributed by atoms with Crippen LogP contribution in [-0.2, 0) is 4.79 Å². The maximum Gasteiger partial charge on any atom is 0.334 e. The number of aliphatic carboxylic acids is 1. The van der Waals surface area contributed by atoms with Crippen LogP contribution in [0.15, 0.2) is 22.7 Å². The third-order valence-electron chi connectivity index (χ3n) is 1.94. The van der Waals surface area contributed by atoms with Crippen LogP contribution in [0.1, 0.15) is 10.4 Å². The third kappa shape index (κ3) is 3.72. The smallest absolute Gasteiger partial charge is 0.334 e. The van der Waals surface area contributed by atoms with E-state index in [1.54, 1.807) is 6.07 Å². The Morgan fingerprint density at radius 2 is 2.06 bits per heavy atom. The molecule has 1 atom stereocenters. The van der Waals surface area contributed by atoms with Crippen molar-refractivity contribution < 1.29 is 24.9 Å². The lowest BCUT2D eigenvalue weighted by atomic mass is 10.2. The maximum absolute atomic E-state index is 11.5. The van der Waals surface area contributed by atoms with Crippen LogP contribution in [0, 0.1) is 0 Å². The lowest BCUT2D eigenvalue weighted by Gasteiger charge is -2.09. The number of nitrogens with one attached hydrogen (secondary N) is 1. The number of carbonyl (C=O) groups is 2. The minimum atomic E-state index is -1.67. The van der Waals surface area contributed by atoms with E-state index in [1.165, 1.54) is 12.1 Å². The fraction of sp³-hybridized carbons (Fsp3) is 0.200. The molecule has 17 heavy (non-hydrogen) atoms. The number of amides is 1. The van der Waals surface area contributed by atoms with Crippen LogP contribution in [0.2, 0.25) is 0 Å². The first-order valence-electron chi connectivity index (χ1n) is 4.59. The van der Waals surface area contributed by atoms with Gasteiger partial charge in [0.05, 0.1) is 12.1 Å². The average Bonchev–Trinajstić information content (AvgIpc) is 2.28. The number of hydrogen-bond acceptors (Lipinski definition) is 4. The Hall–Kier alpha value is -1.60. The van der Waals surface area contributed by atoms with Crippen LogP contribution in [0.3, 0.4) is 0 Å². The quantitative estimate of drug-likeness (QED) is 0.641. The van der Waals surface area contributed by atoms with Gasteiger partial charge in [-0.3, -0.25) is 4.79 Å². The molecule has 6 nitrogen and oxygen atoms in total. The minimum Gasteiger partial charge on any atom is -0.507 e. The number of carbonyl (C=O) groups excluding carboxylic acids is 1. The van der Waals surface area contributed by atoms with E-state index in [0.717, 1.165) is 0 Å². The zero-order valence-corrected chi connectivity index (χ0v) is 10.1. The van der Waals surface area contributed by atoms with Gasteiger partial charge in [0, 0.05) is 4.47 Å². The highest BCUT2D eigenvalue weighted by Crippen LogP contribution is 2.21. The number of phenolic OH excluding ortho intramolecular Hbond substituents is 1. The molecule has 0 bridgehead atoms. The molecule has 4 N–H and O–H groups in total. The van der Waals surface area contributed by atoms with Gasteiger partial charge in [-0.15, -0.1) is 0 Å². The van der Waals surface area contributed by atoms with Gasteiger partial charge >= 0.3 is 5.97 Å². The van der Waals surface area contributed by atoms with Gasteiger partial charge < -0.3 is 20.6 Å². The van der Waals surface area contributed by atoms with E-state index in [0.29, 0.717) is 4.47 Å². The van der Waals surface area contributed by atoms with E-state index in [4.69, 9.17) is 10.2 Å². The van der Waals surface area contributed by atoms with Crippen molar-refractivity contribution in [2.75, 3.05) is 6.54 Å². The molecule has 0 aliphatic rings. The molecule has 1 amide bonds. The molecule has 0 unspecified atom stereocenters. The average molecular weight is 304 g/mol. The van der Waals surface area contributed by atoms with Crippen molar-refractivity contribution in [1.29, 1.82) is 0 Å². The standard InChI is InChI=1S/C10H10BrNO5/c11-5-1-2-7(13)6(3-5)9(15)12-4-8(14)10(16)17/h1-3,8,13-14H,4H2,(H,12,15)(H,16,17)/t8-/m0/s1. The number of halogens is 1. The number of aromatic hydroxyl groups is 1. The molecule has 0 saturated heterocycles. The highest BCUT2D eigenvalue weighted by atomic mass is 79.9. The normalized spacial score (nSPS) is 11.9. The highest BCUT2D eigenvalue weighted by molar-refractivity contribution is 9.10. The summed E-state index contributed by atoms with van der Waals surface area (Å²) >= 11 is 3.13. The predicted octanol–water partition coefficient (Wildman–Crippen LogP) is 0.330. The third-order valence-corrected chi connectivity index (χ3v) is 2.44. The van der Waals surface area contributed by atoms with Gasteiger partial charge in [-0.1, -0.05) is 15.9 Å². The van der Waals surface area contributed by atoms with Crippen LogP contribution >= 0.6 is 15.9 Å². The SMILES string of the molecule is O=C(NC[C@H](O)C(=O)O)c1cc(Br)ccc1O. The lowest BCUT2D eigenvalue weighted by molar-refractivity contribution is -0.146. The topological polar surface area (TPSA) is 107 Å². The second-order valence-corrected chi connectivity index (χ2v) is 4.14. The summed E-state index contributed by atoms with van der Waals surface area (Å²) in [5.41, 5.74) is -0.00281. The number of phenols is 1. The van der Waals surface area contributed by atoms with E-state index in [-0.39, 0.29) is 11.3 Å². The predicted molar refractivity (Wildman–Crippen MR) is 61.8 cm³/mol. The first-order chi connectivity index (χ1) is 7.91. The van der Waals surface area contributed by atoms with Crippen molar-refractivity contribution in [2.24, 2.45) is 0 Å². The van der Waals surface area contributed by atoms with E-state index in [2.05, 4.69) is 21.2 Å². The van der Waals surface area contributed by atoms with Crippen molar-refractivity contribution in [3.63, 3.8) is 0 Å². The Morgan fingerprint density at radius 3 is 2.65 bits per heavy atom. The van der Waals surface area contributed by atoms with Crippen LogP contribution in [0.4, 0.5) is 0 Å². The summed E-state index contributed by atoms with van der Waals surface area (Å²) in [7, 11) is 0. The summed E-state index contributed by atoms with van der Waals surface area (Å²) in [5.74, 6) is -2.32. The lowest BCUT2D eigenvalue weighted by Crippen LogP contribution is -2.36. The molecule has 0 saturated carbocycles. The number of aliphatic hydroxyl groups is 1. The highest BCUT2D eigenvalue weighted by Gasteiger charge is 2.16. The molecule has 0 spiro atoms. The van der Waals surface area contributed by atoms with Crippen molar-refractivity contribution >= 4 is 27.8 Å². The monoisotopic (exact) mass is 303 g/mol. The minimum absolute atomic E-state index is 0.00281. The molecule has 0 radical (unpaired) electrons. The van der Waals surface area contributed by atoms with Crippen LogP contribution in [0.25, 0.3) is 0 Å². The number of aliphatic hydroxyl groups excluding tert-OH is 1. The molecule has 1 rings (SSSR count). The van der Waals surface area contributed by atoms with Crippen LogP contribution in [-0.4, -0.2) is 39.8 Å². The van der Waals surface area contributed by atoms with E-state index in [9.17, 15) is 14.7 Å². The Bertz CT molecular complexity index is 448. The summed E-state index contributed by atoms with van der Waals surface area (Å²) in [4.78, 5) is 21.9. The van der Waals surface area contributed by atoms with Gasteiger partial charge in [-0.05, 0) is 18.2 Å². The van der Waals surface area contributed by atoms with Crippen molar-refractivity contribution in [3.05, 3.63) is 28.2 Å². The van der Waals surface area contributed by atoms with Gasteiger partial charge in [0.25, 0.3) is 5.91 Å². The summed E-state index contributed by atoms with van der Waals surface area (Å²) in [6, 6.07) is 4.27. The number of rotatable bonds is 4. The fourth-order valence-corrected chi connectivity index (χ4v) is 1.42. The Labute approximate surface area is 105 Å². The summed E-state index contributed by atoms with van der Waals surface area (Å²) in [6.45, 7) is -0.430. The van der Waals surface area contributed by atoms with Crippen molar-refractivity contribution in [2.45, 2.75) is 6.10 Å². The van der Waals surface area contributed by atoms with E-state index in [1.807, 2.05) is 0 Å². The number of carboxylic acids is 1. The number of benzene rings is 1. The van der Waals surface area contributed by atoms with Crippen molar-refractivity contribution in [3.8, 4) is 5.75 Å². The molecule has 1 aromatic rings. The summed E-state index contributed by atoms with van der Waals surface area (Å²) in [6.07, 6.45) is -1.67. The second kappa shape index (κ2) is 5.65. The van der Waals surface area contributed by atoms with E-state index < -0.39 is 24.5 Å². The fourth-order valence-electron chi connectivity index (χ4n) is 1.06. The van der Waals surface area contributed by atoms with E-state index >= 15 is 0 Å². The van der Waals surface area contributed by atoms with Crippen LogP contribution in [0.5, 0.6) is 5.75 Å². The van der Waals surface area contributed by atoms with Gasteiger partial charge in [-0.2, -0.15) is 0 Å². The molecule has 1 aromatic carbocycles. The molecule has 0 heterocycles. The largest absolute Gasteiger partial charge is 0.507 e. The number of carboxylic acid groups (broad SMARTS) is 1. The van der Waals surface area contributed by atoms with Crippen LogP contribution < -0.4 is 5.32 Å². The zero-order valence-electron chi connectivity index (χ0n) is 8.55. The second-order valence-electron chi connectivity index (χ2n) is 3.23. The first-order valence-corrected chi connectivity index (χ1v) is 5.38. The molecule has 0 fully saturated rings. The molecule has 0 aliphatic carbocycles. The van der Waals surface area contributed by atoms with Crippen molar-refractivity contribution in [1.82, 2.24) is 5.32 Å². The van der Waals surface area contributed by atoms with Gasteiger partial charge in [0.2, 0.25) is 0 Å². The van der Waals surface area contributed by atoms with Gasteiger partial charge in [0.15, 0.2) is 6.10 Å². The Kier molecular flexibility index (Phi) is 4.47. The van der Waals surface area contributed by atoms with Gasteiger partial charge in [0.1, 0.15) is 5.75 Å². The molecular weight excluding hydrogens is 294 g/mol.